The van der Waals surface area contributed by atoms with Crippen LogP contribution in [0, 0.1) is 0 Å². The molecule has 0 radical (unpaired) electrons. The Kier molecular flexibility index (Phi) is 8.14. The van der Waals surface area contributed by atoms with Gasteiger partial charge in [0.25, 0.3) is 0 Å². The van der Waals surface area contributed by atoms with E-state index in [2.05, 4.69) is 19.2 Å². The normalized spacial score (nSPS) is 11.0. The molecule has 2 rings (SSSR count). The van der Waals surface area contributed by atoms with Crippen LogP contribution in [0.3, 0.4) is 0 Å². The second kappa shape index (κ2) is 10.6. The van der Waals surface area contributed by atoms with Gasteiger partial charge in [0, 0.05) is 24.4 Å². The van der Waals surface area contributed by atoms with Gasteiger partial charge in [-0.25, -0.2) is 4.79 Å². The number of benzene rings is 1. The van der Waals surface area contributed by atoms with Gasteiger partial charge in [-0.1, -0.05) is 38.1 Å². The van der Waals surface area contributed by atoms with Crippen molar-refractivity contribution >= 4 is 35.1 Å². The SMILES string of the molecule is CC(=O)NCCc1ccc(C(=O)COC(=O)/C=C/c2ccc(C(C)C)cc2)s1. The molecular formula is C22H25NO4S. The fourth-order valence-corrected chi connectivity index (χ4v) is 3.37. The summed E-state index contributed by atoms with van der Waals surface area (Å²) in [7, 11) is 0. The van der Waals surface area contributed by atoms with E-state index in [0.29, 0.717) is 23.8 Å². The third-order valence-corrected chi connectivity index (χ3v) is 5.23. The molecule has 1 amide bonds. The van der Waals surface area contributed by atoms with E-state index in [1.165, 1.54) is 29.9 Å². The van der Waals surface area contributed by atoms with Gasteiger partial charge < -0.3 is 10.1 Å². The number of thiophene rings is 1. The Hall–Kier alpha value is -2.73. The van der Waals surface area contributed by atoms with E-state index in [9.17, 15) is 14.4 Å². The number of ketones is 1. The van der Waals surface area contributed by atoms with Crippen molar-refractivity contribution in [2.24, 2.45) is 0 Å². The molecule has 2 aromatic rings. The monoisotopic (exact) mass is 399 g/mol. The summed E-state index contributed by atoms with van der Waals surface area (Å²) < 4.78 is 5.04. The summed E-state index contributed by atoms with van der Waals surface area (Å²) >= 11 is 1.35. The number of esters is 1. The van der Waals surface area contributed by atoms with Crippen LogP contribution in [-0.4, -0.2) is 30.8 Å². The number of ether oxygens (including phenoxy) is 1. The van der Waals surface area contributed by atoms with E-state index in [-0.39, 0.29) is 18.3 Å². The summed E-state index contributed by atoms with van der Waals surface area (Å²) in [6.07, 6.45) is 3.66. The first-order valence-corrected chi connectivity index (χ1v) is 9.98. The van der Waals surface area contributed by atoms with E-state index >= 15 is 0 Å². The molecule has 0 atom stereocenters. The van der Waals surface area contributed by atoms with Crippen LogP contribution in [0.2, 0.25) is 0 Å². The Morgan fingerprint density at radius 3 is 2.46 bits per heavy atom. The lowest BCUT2D eigenvalue weighted by atomic mass is 10.0. The maximum absolute atomic E-state index is 12.2. The van der Waals surface area contributed by atoms with E-state index in [0.717, 1.165) is 10.4 Å². The van der Waals surface area contributed by atoms with Crippen LogP contribution in [0.4, 0.5) is 0 Å². The maximum atomic E-state index is 12.2. The van der Waals surface area contributed by atoms with E-state index < -0.39 is 5.97 Å². The Balaban J connectivity index is 1.79. The Morgan fingerprint density at radius 2 is 1.82 bits per heavy atom. The minimum absolute atomic E-state index is 0.0799. The average molecular weight is 400 g/mol. The summed E-state index contributed by atoms with van der Waals surface area (Å²) in [5, 5.41) is 2.71. The first kappa shape index (κ1) is 21.6. The van der Waals surface area contributed by atoms with Gasteiger partial charge in [-0.05, 0) is 41.7 Å². The van der Waals surface area contributed by atoms with Crippen molar-refractivity contribution in [1.29, 1.82) is 0 Å². The lowest BCUT2D eigenvalue weighted by Crippen LogP contribution is -2.22. The molecule has 0 aliphatic carbocycles. The molecule has 1 heterocycles. The lowest BCUT2D eigenvalue weighted by Gasteiger charge is -2.04. The molecule has 0 spiro atoms. The third kappa shape index (κ3) is 7.12. The van der Waals surface area contributed by atoms with Crippen molar-refractivity contribution < 1.29 is 19.1 Å². The predicted molar refractivity (Wildman–Crippen MR) is 112 cm³/mol. The molecule has 28 heavy (non-hydrogen) atoms. The van der Waals surface area contributed by atoms with Crippen LogP contribution >= 0.6 is 11.3 Å². The van der Waals surface area contributed by atoms with Gasteiger partial charge in [-0.2, -0.15) is 0 Å². The smallest absolute Gasteiger partial charge is 0.331 e. The number of hydrogen-bond donors (Lipinski definition) is 1. The highest BCUT2D eigenvalue weighted by Gasteiger charge is 2.11. The molecule has 1 N–H and O–H groups in total. The molecule has 148 valence electrons. The number of hydrogen-bond acceptors (Lipinski definition) is 5. The summed E-state index contributed by atoms with van der Waals surface area (Å²) in [4.78, 5) is 36.4. The first-order chi connectivity index (χ1) is 13.3. The Morgan fingerprint density at radius 1 is 1.11 bits per heavy atom. The van der Waals surface area contributed by atoms with Crippen LogP contribution in [0.15, 0.2) is 42.5 Å². The predicted octanol–water partition coefficient (Wildman–Crippen LogP) is 3.99. The molecule has 0 bridgehead atoms. The van der Waals surface area contributed by atoms with Crippen molar-refractivity contribution in [3.05, 3.63) is 63.4 Å². The zero-order valence-corrected chi connectivity index (χ0v) is 17.2. The number of carbonyl (C=O) groups excluding carboxylic acids is 3. The van der Waals surface area contributed by atoms with Gasteiger partial charge in [-0.15, -0.1) is 11.3 Å². The fraction of sp³-hybridized carbons (Fsp3) is 0.318. The van der Waals surface area contributed by atoms with E-state index in [1.807, 2.05) is 30.3 Å². The minimum Gasteiger partial charge on any atom is -0.454 e. The van der Waals surface area contributed by atoms with Crippen LogP contribution in [0.25, 0.3) is 6.08 Å². The molecule has 0 fully saturated rings. The lowest BCUT2D eigenvalue weighted by molar-refractivity contribution is -0.136. The molecule has 1 aromatic heterocycles. The van der Waals surface area contributed by atoms with E-state index in [4.69, 9.17) is 4.74 Å². The Bertz CT molecular complexity index is 850. The highest BCUT2D eigenvalue weighted by molar-refractivity contribution is 7.14. The molecule has 0 aliphatic rings. The van der Waals surface area contributed by atoms with Crippen LogP contribution in [0.1, 0.15) is 52.4 Å². The Labute approximate surface area is 169 Å². The van der Waals surface area contributed by atoms with Crippen molar-refractivity contribution in [2.75, 3.05) is 13.2 Å². The topological polar surface area (TPSA) is 72.5 Å². The van der Waals surface area contributed by atoms with Crippen LogP contribution in [0.5, 0.6) is 0 Å². The summed E-state index contributed by atoms with van der Waals surface area (Å²) in [6.45, 7) is 5.95. The standard InChI is InChI=1S/C22H25NO4S/c1-15(2)18-7-4-17(5-8-18)6-11-22(26)27-14-20(25)21-10-9-19(28-21)12-13-23-16(3)24/h4-11,15H,12-14H2,1-3H3,(H,23,24)/b11-6+. The second-order valence-electron chi connectivity index (χ2n) is 6.68. The van der Waals surface area contributed by atoms with Gasteiger partial charge in [0.1, 0.15) is 0 Å². The van der Waals surface area contributed by atoms with Gasteiger partial charge in [-0.3, -0.25) is 9.59 Å². The van der Waals surface area contributed by atoms with Gasteiger partial charge in [0.2, 0.25) is 11.7 Å². The van der Waals surface area contributed by atoms with E-state index in [1.54, 1.807) is 12.1 Å². The fourth-order valence-electron chi connectivity index (χ4n) is 2.44. The summed E-state index contributed by atoms with van der Waals surface area (Å²) in [5.41, 5.74) is 2.13. The minimum atomic E-state index is -0.552. The maximum Gasteiger partial charge on any atom is 0.331 e. The number of nitrogens with one attached hydrogen (secondary N) is 1. The number of amides is 1. The highest BCUT2D eigenvalue weighted by atomic mass is 32.1. The van der Waals surface area contributed by atoms with Crippen molar-refractivity contribution in [3.63, 3.8) is 0 Å². The number of carbonyl (C=O) groups is 3. The molecule has 0 unspecified atom stereocenters. The van der Waals surface area contributed by atoms with Crippen LogP contribution in [-0.2, 0) is 20.7 Å². The zero-order chi connectivity index (χ0) is 20.5. The number of Topliss-reactive ketones (excluding diaryl/α,β-unsaturated/α-hetero) is 1. The largest absolute Gasteiger partial charge is 0.454 e. The van der Waals surface area contributed by atoms with Crippen molar-refractivity contribution in [2.45, 2.75) is 33.1 Å². The second-order valence-corrected chi connectivity index (χ2v) is 7.85. The number of rotatable bonds is 9. The van der Waals surface area contributed by atoms with Gasteiger partial charge in [0.15, 0.2) is 6.61 Å². The van der Waals surface area contributed by atoms with Gasteiger partial charge >= 0.3 is 5.97 Å². The first-order valence-electron chi connectivity index (χ1n) is 9.16. The average Bonchev–Trinajstić information content (AvgIpc) is 3.13. The zero-order valence-electron chi connectivity index (χ0n) is 16.4. The molecule has 6 heteroatoms. The van der Waals surface area contributed by atoms with Crippen molar-refractivity contribution in [3.8, 4) is 0 Å². The summed E-state index contributed by atoms with van der Waals surface area (Å²) in [5.74, 6) is -0.414. The highest BCUT2D eigenvalue weighted by Crippen LogP contribution is 2.18. The molecular weight excluding hydrogens is 374 g/mol. The van der Waals surface area contributed by atoms with Gasteiger partial charge in [0.05, 0.1) is 4.88 Å². The van der Waals surface area contributed by atoms with Crippen LogP contribution < -0.4 is 5.32 Å². The summed E-state index contributed by atoms with van der Waals surface area (Å²) in [6, 6.07) is 11.5. The van der Waals surface area contributed by atoms with Crippen molar-refractivity contribution in [1.82, 2.24) is 5.32 Å². The molecule has 5 nitrogen and oxygen atoms in total. The molecule has 0 saturated heterocycles. The quantitative estimate of drug-likeness (QED) is 0.393. The molecule has 0 aliphatic heterocycles. The molecule has 1 aromatic carbocycles. The third-order valence-electron chi connectivity index (χ3n) is 4.04. The molecule has 0 saturated carbocycles.